The number of hydrogen-bond acceptors (Lipinski definition) is 4. The number of benzene rings is 1. The number of aliphatic hydroxyl groups excluding tert-OH is 1. The molecule has 7 heteroatoms. The molecule has 0 unspecified atom stereocenters. The minimum Gasteiger partial charge on any atom is -0.393 e. The topological polar surface area (TPSA) is 104 Å². The Morgan fingerprint density at radius 1 is 1.63 bits per heavy atom. The number of anilines is 1. The Bertz CT molecular complexity index is 536. The fourth-order valence-corrected chi connectivity index (χ4v) is 1.41. The summed E-state index contributed by atoms with van der Waals surface area (Å²) in [6.45, 7) is 1.14. The van der Waals surface area contributed by atoms with Crippen LogP contribution in [-0.2, 0) is 0 Å². The van der Waals surface area contributed by atoms with Crippen molar-refractivity contribution in [2.24, 2.45) is 0 Å². The molecule has 0 heterocycles. The summed E-state index contributed by atoms with van der Waals surface area (Å²) in [6.07, 6.45) is 5.08. The minimum atomic E-state index is -0.806. The molecule has 0 aliphatic carbocycles. The highest BCUT2D eigenvalue weighted by molar-refractivity contribution is 5.91. The molecule has 19 heavy (non-hydrogen) atoms. The third kappa shape index (κ3) is 3.69. The number of rotatable bonds is 4. The van der Waals surface area contributed by atoms with Gasteiger partial charge in [-0.2, -0.15) is 0 Å². The van der Waals surface area contributed by atoms with Gasteiger partial charge in [0.1, 0.15) is 6.04 Å². The van der Waals surface area contributed by atoms with Crippen molar-refractivity contribution >= 4 is 17.4 Å². The van der Waals surface area contributed by atoms with Gasteiger partial charge in [-0.3, -0.25) is 10.1 Å². The molecule has 1 atom stereocenters. The first kappa shape index (κ1) is 14.5. The predicted octanol–water partition coefficient (Wildman–Crippen LogP) is 1.02. The summed E-state index contributed by atoms with van der Waals surface area (Å²) < 4.78 is 0. The smallest absolute Gasteiger partial charge is 0.320 e. The van der Waals surface area contributed by atoms with Crippen LogP contribution in [0.25, 0.3) is 0 Å². The van der Waals surface area contributed by atoms with Crippen LogP contribution in [0.3, 0.4) is 0 Å². The lowest BCUT2D eigenvalue weighted by molar-refractivity contribution is -0.385. The number of nitro groups is 1. The van der Waals surface area contributed by atoms with Gasteiger partial charge in [0.2, 0.25) is 0 Å². The fraction of sp³-hybridized carbons (Fsp3) is 0.250. The van der Waals surface area contributed by atoms with E-state index in [-0.39, 0.29) is 5.69 Å². The Kier molecular flexibility index (Phi) is 4.85. The first-order valence-electron chi connectivity index (χ1n) is 5.38. The van der Waals surface area contributed by atoms with Gasteiger partial charge >= 0.3 is 6.03 Å². The average molecular weight is 263 g/mol. The third-order valence-corrected chi connectivity index (χ3v) is 2.44. The highest BCUT2D eigenvalue weighted by Gasteiger charge is 2.15. The third-order valence-electron chi connectivity index (χ3n) is 2.44. The second kappa shape index (κ2) is 6.37. The Hall–Kier alpha value is -2.59. The summed E-state index contributed by atoms with van der Waals surface area (Å²) in [5.41, 5.74) is 0.553. The van der Waals surface area contributed by atoms with Crippen LogP contribution in [0.15, 0.2) is 18.2 Å². The van der Waals surface area contributed by atoms with Crippen molar-refractivity contribution in [2.45, 2.75) is 13.0 Å². The highest BCUT2D eigenvalue weighted by Crippen LogP contribution is 2.24. The molecule has 2 amide bonds. The van der Waals surface area contributed by atoms with Gasteiger partial charge in [0.05, 0.1) is 22.8 Å². The summed E-state index contributed by atoms with van der Waals surface area (Å²) in [7, 11) is 0. The van der Waals surface area contributed by atoms with E-state index in [0.717, 1.165) is 0 Å². The van der Waals surface area contributed by atoms with E-state index in [4.69, 9.17) is 11.5 Å². The molecule has 0 radical (unpaired) electrons. The van der Waals surface area contributed by atoms with Crippen LogP contribution in [-0.4, -0.2) is 28.7 Å². The van der Waals surface area contributed by atoms with Crippen molar-refractivity contribution in [3.8, 4) is 12.3 Å². The van der Waals surface area contributed by atoms with Crippen molar-refractivity contribution < 1.29 is 14.8 Å². The number of carbonyl (C=O) groups excluding carboxylic acids is 1. The zero-order chi connectivity index (χ0) is 14.4. The van der Waals surface area contributed by atoms with Crippen molar-refractivity contribution in [1.29, 1.82) is 0 Å². The number of hydrogen-bond donors (Lipinski definition) is 3. The number of amides is 2. The lowest BCUT2D eigenvalue weighted by Gasteiger charge is -2.12. The molecule has 0 bridgehead atoms. The number of terminal acetylenes is 1. The van der Waals surface area contributed by atoms with E-state index in [2.05, 4.69) is 16.6 Å². The van der Waals surface area contributed by atoms with Crippen molar-refractivity contribution in [2.75, 3.05) is 11.9 Å². The van der Waals surface area contributed by atoms with Crippen LogP contribution in [0.4, 0.5) is 16.2 Å². The van der Waals surface area contributed by atoms with Crippen molar-refractivity contribution in [1.82, 2.24) is 5.32 Å². The maximum Gasteiger partial charge on any atom is 0.320 e. The highest BCUT2D eigenvalue weighted by atomic mass is 16.6. The van der Waals surface area contributed by atoms with Crippen molar-refractivity contribution in [3.05, 3.63) is 33.9 Å². The molecule has 0 aliphatic rings. The van der Waals surface area contributed by atoms with Gasteiger partial charge in [-0.25, -0.2) is 4.79 Å². The largest absolute Gasteiger partial charge is 0.393 e. The summed E-state index contributed by atoms with van der Waals surface area (Å²) in [6, 6.07) is 2.90. The van der Waals surface area contributed by atoms with Crippen LogP contribution >= 0.6 is 0 Å². The van der Waals surface area contributed by atoms with Gasteiger partial charge in [-0.05, 0) is 13.0 Å². The van der Waals surface area contributed by atoms with Crippen molar-refractivity contribution in [3.63, 3.8) is 0 Å². The molecular formula is C12H13N3O4. The lowest BCUT2D eigenvalue weighted by Crippen LogP contribution is -2.39. The van der Waals surface area contributed by atoms with Crippen LogP contribution < -0.4 is 10.6 Å². The van der Waals surface area contributed by atoms with Crippen LogP contribution in [0, 0.1) is 29.4 Å². The molecule has 0 aromatic heterocycles. The number of nitro benzene ring substituents is 1. The molecule has 3 N–H and O–H groups in total. The molecule has 0 spiro atoms. The maximum absolute atomic E-state index is 11.6. The fourth-order valence-electron chi connectivity index (χ4n) is 1.41. The molecule has 1 aromatic carbocycles. The number of aliphatic hydroxyl groups is 1. The Morgan fingerprint density at radius 2 is 2.32 bits per heavy atom. The SMILES string of the molecule is C#C[C@H](CO)NC(=O)Nc1cccc([N+](=O)[O-])c1C. The standard InChI is InChI=1S/C12H13N3O4/c1-3-9(7-16)13-12(17)14-10-5-4-6-11(8(10)2)15(18)19/h1,4-6,9,16H,7H2,2H3,(H2,13,14,17)/t9-/m1/s1. The normalized spacial score (nSPS) is 11.2. The summed E-state index contributed by atoms with van der Waals surface area (Å²) >= 11 is 0. The van der Waals surface area contributed by atoms with E-state index >= 15 is 0 Å². The molecule has 7 nitrogen and oxygen atoms in total. The first-order valence-corrected chi connectivity index (χ1v) is 5.38. The van der Waals surface area contributed by atoms with Gasteiger partial charge in [0.25, 0.3) is 5.69 Å². The van der Waals surface area contributed by atoms with E-state index in [9.17, 15) is 14.9 Å². The molecule has 1 rings (SSSR count). The minimum absolute atomic E-state index is 0.0894. The molecule has 1 aromatic rings. The van der Waals surface area contributed by atoms with Gasteiger partial charge in [0.15, 0.2) is 0 Å². The van der Waals surface area contributed by atoms with Gasteiger partial charge in [-0.15, -0.1) is 6.42 Å². The summed E-state index contributed by atoms with van der Waals surface area (Å²) in [5, 5.41) is 24.4. The summed E-state index contributed by atoms with van der Waals surface area (Å²) in [5.74, 6) is 2.18. The zero-order valence-electron chi connectivity index (χ0n) is 10.2. The molecule has 0 saturated heterocycles. The van der Waals surface area contributed by atoms with Crippen LogP contribution in [0.2, 0.25) is 0 Å². The van der Waals surface area contributed by atoms with E-state index in [0.29, 0.717) is 11.3 Å². The predicted molar refractivity (Wildman–Crippen MR) is 69.7 cm³/mol. The van der Waals surface area contributed by atoms with E-state index in [1.165, 1.54) is 25.1 Å². The van der Waals surface area contributed by atoms with E-state index in [1.54, 1.807) is 0 Å². The van der Waals surface area contributed by atoms with Crippen LogP contribution in [0.1, 0.15) is 5.56 Å². The number of carbonyl (C=O) groups is 1. The first-order chi connectivity index (χ1) is 8.99. The van der Waals surface area contributed by atoms with Gasteiger partial charge in [0, 0.05) is 6.07 Å². The molecule has 0 aliphatic heterocycles. The number of nitrogens with one attached hydrogen (secondary N) is 2. The van der Waals surface area contributed by atoms with E-state index < -0.39 is 23.6 Å². The number of urea groups is 1. The quantitative estimate of drug-likeness (QED) is 0.428. The number of nitrogens with zero attached hydrogens (tertiary/aromatic N) is 1. The molecule has 0 saturated carbocycles. The zero-order valence-corrected chi connectivity index (χ0v) is 10.2. The Balaban J connectivity index is 2.83. The van der Waals surface area contributed by atoms with Gasteiger partial charge < -0.3 is 15.7 Å². The Morgan fingerprint density at radius 3 is 2.84 bits per heavy atom. The summed E-state index contributed by atoms with van der Waals surface area (Å²) in [4.78, 5) is 21.8. The second-order valence-electron chi connectivity index (χ2n) is 3.71. The van der Waals surface area contributed by atoms with E-state index in [1.807, 2.05) is 0 Å². The molecule has 100 valence electrons. The second-order valence-corrected chi connectivity index (χ2v) is 3.71. The van der Waals surface area contributed by atoms with Gasteiger partial charge in [-0.1, -0.05) is 12.0 Å². The monoisotopic (exact) mass is 263 g/mol. The maximum atomic E-state index is 11.6. The molecule has 0 fully saturated rings. The average Bonchev–Trinajstić information content (AvgIpc) is 2.38. The Labute approximate surface area is 109 Å². The lowest BCUT2D eigenvalue weighted by atomic mass is 10.1. The van der Waals surface area contributed by atoms with Crippen LogP contribution in [0.5, 0.6) is 0 Å². The molecular weight excluding hydrogens is 250 g/mol.